The monoisotopic (exact) mass is 396 g/mol. The predicted octanol–water partition coefficient (Wildman–Crippen LogP) is 3.85. The number of methoxy groups -OCH3 is 1. The lowest BCUT2D eigenvalue weighted by atomic mass is 10.0. The maximum atomic E-state index is 12.2. The van der Waals surface area contributed by atoms with Crippen molar-refractivity contribution in [2.75, 3.05) is 19.0 Å². The van der Waals surface area contributed by atoms with Crippen molar-refractivity contribution in [2.45, 2.75) is 13.3 Å². The molecule has 7 heteroatoms. The number of hydrogen-bond acceptors (Lipinski definition) is 6. The van der Waals surface area contributed by atoms with Crippen molar-refractivity contribution in [2.24, 2.45) is 0 Å². The van der Waals surface area contributed by atoms with Gasteiger partial charge in [0.2, 0.25) is 0 Å². The number of thiazole rings is 1. The van der Waals surface area contributed by atoms with Crippen molar-refractivity contribution in [3.8, 4) is 5.75 Å². The molecule has 0 unspecified atom stereocenters. The van der Waals surface area contributed by atoms with Gasteiger partial charge in [-0.2, -0.15) is 0 Å². The van der Waals surface area contributed by atoms with Crippen molar-refractivity contribution in [3.05, 3.63) is 76.3 Å². The number of ether oxygens (including phenoxy) is 2. The molecule has 28 heavy (non-hydrogen) atoms. The summed E-state index contributed by atoms with van der Waals surface area (Å²) in [6.07, 6.45) is 0.715. The molecule has 0 radical (unpaired) electrons. The van der Waals surface area contributed by atoms with E-state index in [2.05, 4.69) is 10.3 Å². The highest BCUT2D eigenvalue weighted by Crippen LogP contribution is 2.24. The smallest absolute Gasteiger partial charge is 0.350 e. The molecule has 0 atom stereocenters. The summed E-state index contributed by atoms with van der Waals surface area (Å²) < 4.78 is 10.4. The third-order valence-corrected chi connectivity index (χ3v) is 5.04. The van der Waals surface area contributed by atoms with Crippen molar-refractivity contribution >= 4 is 28.3 Å². The molecule has 144 valence electrons. The van der Waals surface area contributed by atoms with Gasteiger partial charge >= 0.3 is 5.97 Å². The molecule has 0 spiro atoms. The van der Waals surface area contributed by atoms with Gasteiger partial charge in [0, 0.05) is 6.42 Å². The Kier molecular flexibility index (Phi) is 6.39. The van der Waals surface area contributed by atoms with Crippen molar-refractivity contribution < 1.29 is 19.1 Å². The van der Waals surface area contributed by atoms with Gasteiger partial charge in [-0.15, -0.1) is 0 Å². The highest BCUT2D eigenvalue weighted by Gasteiger charge is 2.17. The van der Waals surface area contributed by atoms with Crippen molar-refractivity contribution in [3.63, 3.8) is 0 Å². The number of amides is 1. The standard InChI is InChI=1S/C21H20N2O4S/c1-14-19(20(25)26-2)28-21(22-14)23-18(24)13-27-17-11-7-6-10-16(17)12-15-8-4-3-5-9-15/h3-11H,12-13H2,1-2H3,(H,22,23,24). The fourth-order valence-corrected chi connectivity index (χ4v) is 3.54. The zero-order valence-corrected chi connectivity index (χ0v) is 16.4. The third-order valence-electron chi connectivity index (χ3n) is 3.98. The molecular weight excluding hydrogens is 376 g/mol. The lowest BCUT2D eigenvalue weighted by Crippen LogP contribution is -2.20. The number of esters is 1. The van der Waals surface area contributed by atoms with Crippen LogP contribution in [-0.2, 0) is 16.0 Å². The fraction of sp³-hybridized carbons (Fsp3) is 0.190. The average Bonchev–Trinajstić information content (AvgIpc) is 3.07. The van der Waals surface area contributed by atoms with E-state index < -0.39 is 5.97 Å². The molecule has 1 aromatic heterocycles. The molecule has 0 aliphatic heterocycles. The number of nitrogens with one attached hydrogen (secondary N) is 1. The van der Waals surface area contributed by atoms with Crippen LogP contribution in [-0.4, -0.2) is 30.6 Å². The maximum absolute atomic E-state index is 12.2. The van der Waals surface area contributed by atoms with Gasteiger partial charge in [-0.25, -0.2) is 9.78 Å². The summed E-state index contributed by atoms with van der Waals surface area (Å²) in [5.41, 5.74) is 2.68. The first-order valence-electron chi connectivity index (χ1n) is 8.67. The van der Waals surface area contributed by atoms with Gasteiger partial charge < -0.3 is 9.47 Å². The third kappa shape index (κ3) is 4.95. The summed E-state index contributed by atoms with van der Waals surface area (Å²) in [4.78, 5) is 28.4. The van der Waals surface area contributed by atoms with E-state index in [0.717, 1.165) is 22.5 Å². The van der Waals surface area contributed by atoms with E-state index in [1.165, 1.54) is 7.11 Å². The summed E-state index contributed by atoms with van der Waals surface area (Å²) in [7, 11) is 1.31. The van der Waals surface area contributed by atoms with Gasteiger partial charge in [0.05, 0.1) is 12.8 Å². The number of nitrogens with zero attached hydrogens (tertiary/aromatic N) is 1. The molecular formula is C21H20N2O4S. The molecule has 0 aliphatic carbocycles. The predicted molar refractivity (Wildman–Crippen MR) is 108 cm³/mol. The van der Waals surface area contributed by atoms with Crippen LogP contribution >= 0.6 is 11.3 Å². The molecule has 0 fully saturated rings. The number of hydrogen-bond donors (Lipinski definition) is 1. The molecule has 3 rings (SSSR count). The zero-order valence-electron chi connectivity index (χ0n) is 15.6. The second-order valence-electron chi connectivity index (χ2n) is 6.03. The van der Waals surface area contributed by atoms with Crippen LogP contribution in [0.3, 0.4) is 0 Å². The molecule has 0 aliphatic rings. The zero-order chi connectivity index (χ0) is 19.9. The first-order chi connectivity index (χ1) is 13.6. The first kappa shape index (κ1) is 19.6. The van der Waals surface area contributed by atoms with Crippen LogP contribution < -0.4 is 10.1 Å². The molecule has 0 saturated heterocycles. The van der Waals surface area contributed by atoms with Crippen molar-refractivity contribution in [1.82, 2.24) is 4.98 Å². The Bertz CT molecular complexity index is 970. The average molecular weight is 396 g/mol. The highest BCUT2D eigenvalue weighted by atomic mass is 32.1. The molecule has 0 saturated carbocycles. The summed E-state index contributed by atoms with van der Waals surface area (Å²) in [6, 6.07) is 17.7. The molecule has 6 nitrogen and oxygen atoms in total. The number of para-hydroxylation sites is 1. The van der Waals surface area contributed by atoms with E-state index in [9.17, 15) is 9.59 Å². The van der Waals surface area contributed by atoms with E-state index in [-0.39, 0.29) is 12.5 Å². The number of carbonyl (C=O) groups excluding carboxylic acids is 2. The highest BCUT2D eigenvalue weighted by molar-refractivity contribution is 7.17. The van der Waals surface area contributed by atoms with Gasteiger partial charge in [0.1, 0.15) is 10.6 Å². The molecule has 1 heterocycles. The molecule has 0 bridgehead atoms. The van der Waals surface area contributed by atoms with E-state index in [1.807, 2.05) is 54.6 Å². The van der Waals surface area contributed by atoms with Gasteiger partial charge in [-0.1, -0.05) is 59.9 Å². The normalized spacial score (nSPS) is 10.4. The summed E-state index contributed by atoms with van der Waals surface area (Å²) in [5.74, 6) is -0.159. The van der Waals surface area contributed by atoms with Gasteiger partial charge in [-0.05, 0) is 24.1 Å². The Labute approximate surface area is 167 Å². The van der Waals surface area contributed by atoms with Gasteiger partial charge in [-0.3, -0.25) is 10.1 Å². The molecule has 1 N–H and O–H groups in total. The topological polar surface area (TPSA) is 77.5 Å². The van der Waals surface area contributed by atoms with Crippen LogP contribution in [0.15, 0.2) is 54.6 Å². The number of benzene rings is 2. The van der Waals surface area contributed by atoms with Crippen molar-refractivity contribution in [1.29, 1.82) is 0 Å². The SMILES string of the molecule is COC(=O)c1sc(NC(=O)COc2ccccc2Cc2ccccc2)nc1C. The fourth-order valence-electron chi connectivity index (χ4n) is 2.64. The number of aryl methyl sites for hydroxylation is 1. The molecule has 3 aromatic rings. The number of anilines is 1. The minimum atomic E-state index is -0.471. The largest absolute Gasteiger partial charge is 0.483 e. The lowest BCUT2D eigenvalue weighted by Gasteiger charge is -2.11. The van der Waals surface area contributed by atoms with Crippen LogP contribution in [0.5, 0.6) is 5.75 Å². The second kappa shape index (κ2) is 9.14. The number of aromatic nitrogens is 1. The van der Waals surface area contributed by atoms with E-state index in [4.69, 9.17) is 9.47 Å². The Morgan fingerprint density at radius 1 is 1.07 bits per heavy atom. The molecule has 2 aromatic carbocycles. The minimum Gasteiger partial charge on any atom is -0.483 e. The summed E-state index contributed by atoms with van der Waals surface area (Å²) in [5, 5.41) is 2.99. The summed E-state index contributed by atoms with van der Waals surface area (Å²) in [6.45, 7) is 1.53. The van der Waals surface area contributed by atoms with E-state index in [0.29, 0.717) is 27.9 Å². The Morgan fingerprint density at radius 3 is 2.54 bits per heavy atom. The number of rotatable bonds is 7. The first-order valence-corrected chi connectivity index (χ1v) is 9.48. The number of carbonyl (C=O) groups is 2. The summed E-state index contributed by atoms with van der Waals surface area (Å²) >= 11 is 1.07. The molecule has 1 amide bonds. The van der Waals surface area contributed by atoms with E-state index >= 15 is 0 Å². The lowest BCUT2D eigenvalue weighted by molar-refractivity contribution is -0.118. The Morgan fingerprint density at radius 2 is 1.79 bits per heavy atom. The minimum absolute atomic E-state index is 0.155. The van der Waals surface area contributed by atoms with Crippen LogP contribution in [0.1, 0.15) is 26.5 Å². The Hall–Kier alpha value is -3.19. The maximum Gasteiger partial charge on any atom is 0.350 e. The van der Waals surface area contributed by atoms with Gasteiger partial charge in [0.25, 0.3) is 5.91 Å². The van der Waals surface area contributed by atoms with E-state index in [1.54, 1.807) is 6.92 Å². The van der Waals surface area contributed by atoms with Crippen LogP contribution in [0.4, 0.5) is 5.13 Å². The van der Waals surface area contributed by atoms with Crippen LogP contribution in [0.2, 0.25) is 0 Å². The van der Waals surface area contributed by atoms with Crippen LogP contribution in [0.25, 0.3) is 0 Å². The quantitative estimate of drug-likeness (QED) is 0.614. The van der Waals surface area contributed by atoms with Crippen LogP contribution in [0, 0.1) is 6.92 Å². The van der Waals surface area contributed by atoms with Gasteiger partial charge in [0.15, 0.2) is 11.7 Å². The second-order valence-corrected chi connectivity index (χ2v) is 7.03. The Balaban J connectivity index is 1.61.